The molecule has 0 saturated carbocycles. The molecule has 18 heteroatoms. The third-order valence-electron chi connectivity index (χ3n) is 6.66. The summed E-state index contributed by atoms with van der Waals surface area (Å²) >= 11 is 6.10. The predicted octanol–water partition coefficient (Wildman–Crippen LogP) is 4.45. The smallest absolute Gasteiger partial charge is 0.455 e. The molecule has 2 saturated heterocycles. The number of carbonyl (C=O) groups is 2. The second kappa shape index (κ2) is 14.5. The first-order chi connectivity index (χ1) is 21.0. The first-order valence-electron chi connectivity index (χ1n) is 13.8. The van der Waals surface area contributed by atoms with Crippen LogP contribution in [0.2, 0.25) is 5.02 Å². The number of nitrogens with zero attached hydrogens (tertiary/aromatic N) is 4. The number of hydrogen-bond donors (Lipinski definition) is 1. The van der Waals surface area contributed by atoms with Crippen LogP contribution in [0.15, 0.2) is 51.2 Å². The van der Waals surface area contributed by atoms with Crippen molar-refractivity contribution in [3.8, 4) is 0 Å². The summed E-state index contributed by atoms with van der Waals surface area (Å²) in [5, 5.41) is 4.14. The van der Waals surface area contributed by atoms with Gasteiger partial charge in [0.2, 0.25) is 5.72 Å². The molecule has 2 fully saturated rings. The maximum absolute atomic E-state index is 13.6. The van der Waals surface area contributed by atoms with Gasteiger partial charge in [0.1, 0.15) is 0 Å². The maximum Gasteiger partial charge on any atom is 0.475 e. The number of carbonyl (C=O) groups excluding carboxylic acids is 2. The van der Waals surface area contributed by atoms with Gasteiger partial charge in [-0.15, -0.1) is 0 Å². The van der Waals surface area contributed by atoms with Crippen LogP contribution in [0.5, 0.6) is 0 Å². The van der Waals surface area contributed by atoms with Gasteiger partial charge >= 0.3 is 25.5 Å². The number of hydrogen-bond acceptors (Lipinski definition) is 12. The van der Waals surface area contributed by atoms with Crippen molar-refractivity contribution in [1.29, 1.82) is 0 Å². The molecule has 16 nitrogen and oxygen atoms in total. The summed E-state index contributed by atoms with van der Waals surface area (Å²) in [4.78, 5) is 54.9. The summed E-state index contributed by atoms with van der Waals surface area (Å²) in [5.41, 5.74) is 6.14. The quantitative estimate of drug-likeness (QED) is 0.111. The zero-order chi connectivity index (χ0) is 31.9. The molecular formula is C26H31ClN5O11P. The highest BCUT2D eigenvalue weighted by atomic mass is 35.5. The van der Waals surface area contributed by atoms with Crippen molar-refractivity contribution in [2.45, 2.75) is 76.2 Å². The number of esters is 2. The van der Waals surface area contributed by atoms with E-state index in [1.54, 1.807) is 38.1 Å². The molecule has 3 heterocycles. The van der Waals surface area contributed by atoms with Crippen LogP contribution in [0, 0.1) is 0 Å². The highest BCUT2D eigenvalue weighted by molar-refractivity contribution is 7.48. The van der Waals surface area contributed by atoms with Crippen molar-refractivity contribution < 1.29 is 41.9 Å². The zero-order valence-electron chi connectivity index (χ0n) is 23.8. The molecule has 0 radical (unpaired) electrons. The Morgan fingerprint density at radius 3 is 2.59 bits per heavy atom. The SMILES string of the molecule is CCCC(=O)O[C@H]1[C@H](n2ccc(=O)[nH]c2=O)O[C@@](CO[P@@]2(=O)OCC[C@@H](c3cccc(Cl)c3)O2)(N=[N+]=[N-])[C@H]1OC(=O)CCC. The van der Waals surface area contributed by atoms with E-state index >= 15 is 0 Å². The van der Waals surface area contributed by atoms with Crippen molar-refractivity contribution in [2.24, 2.45) is 5.11 Å². The molecule has 238 valence electrons. The molecule has 44 heavy (non-hydrogen) atoms. The average Bonchev–Trinajstić information content (AvgIpc) is 3.24. The van der Waals surface area contributed by atoms with Crippen molar-refractivity contribution >= 4 is 31.4 Å². The van der Waals surface area contributed by atoms with Gasteiger partial charge in [0.15, 0.2) is 18.4 Å². The second-order valence-corrected chi connectivity index (χ2v) is 12.0. The lowest BCUT2D eigenvalue weighted by molar-refractivity contribution is -0.173. The molecule has 6 atom stereocenters. The molecule has 0 bridgehead atoms. The number of rotatable bonds is 12. The highest BCUT2D eigenvalue weighted by Gasteiger charge is 2.61. The minimum Gasteiger partial charge on any atom is -0.455 e. The Morgan fingerprint density at radius 2 is 1.93 bits per heavy atom. The Bertz CT molecular complexity index is 1580. The molecule has 2 aliphatic heterocycles. The van der Waals surface area contributed by atoms with E-state index in [0.29, 0.717) is 29.8 Å². The second-order valence-electron chi connectivity index (χ2n) is 9.92. The Balaban J connectivity index is 1.73. The van der Waals surface area contributed by atoms with E-state index in [0.717, 1.165) is 16.8 Å². The summed E-state index contributed by atoms with van der Waals surface area (Å²) in [6, 6.07) is 7.72. The molecule has 2 aliphatic rings. The Kier molecular flexibility index (Phi) is 11.0. The number of azide groups is 1. The normalized spacial score (nSPS) is 28.2. The molecular weight excluding hydrogens is 625 g/mol. The summed E-state index contributed by atoms with van der Waals surface area (Å²) in [6.45, 7) is 2.52. The molecule has 1 aromatic heterocycles. The topological polar surface area (TPSA) is 210 Å². The van der Waals surface area contributed by atoms with Crippen molar-refractivity contribution in [1.82, 2.24) is 9.55 Å². The monoisotopic (exact) mass is 655 g/mol. The number of H-pyrrole nitrogens is 1. The maximum atomic E-state index is 13.6. The van der Waals surface area contributed by atoms with Crippen LogP contribution in [-0.4, -0.2) is 52.6 Å². The predicted molar refractivity (Wildman–Crippen MR) is 152 cm³/mol. The van der Waals surface area contributed by atoms with Gasteiger partial charge < -0.3 is 14.2 Å². The van der Waals surface area contributed by atoms with Crippen LogP contribution in [0.4, 0.5) is 0 Å². The standard InChI is InChI=1S/C26H31ClN5O11P/c1-3-6-20(34)40-22-23(41-21(35)7-4-2)26(30-31-28,42-24(22)32-12-10-19(33)29-25(32)36)15-39-44(37)38-13-11-18(43-44)16-8-5-9-17(27)14-16/h5,8-10,12,14,18,22-24H,3-4,6-7,11,13,15H2,1-2H3,(H,29,33,36)/t18-,22+,23-,24+,26+,44+/m0/s1. The molecule has 0 unspecified atom stereocenters. The van der Waals surface area contributed by atoms with Gasteiger partial charge in [-0.05, 0) is 36.1 Å². The Hall–Kier alpha value is -3.49. The first kappa shape index (κ1) is 33.4. The van der Waals surface area contributed by atoms with Gasteiger partial charge in [-0.3, -0.25) is 37.5 Å². The number of ether oxygens (including phenoxy) is 3. The van der Waals surface area contributed by atoms with E-state index < -0.39 is 67.9 Å². The van der Waals surface area contributed by atoms with Gasteiger partial charge in [-0.25, -0.2) is 9.36 Å². The zero-order valence-corrected chi connectivity index (χ0v) is 25.5. The summed E-state index contributed by atoms with van der Waals surface area (Å²) in [6.07, 6.45) is -3.59. The van der Waals surface area contributed by atoms with E-state index in [2.05, 4.69) is 15.0 Å². The third kappa shape index (κ3) is 7.77. The third-order valence-corrected chi connectivity index (χ3v) is 8.35. The number of benzene rings is 1. The molecule has 0 amide bonds. The average molecular weight is 656 g/mol. The van der Waals surface area contributed by atoms with Crippen molar-refractivity contribution in [3.05, 3.63) is 78.4 Å². The van der Waals surface area contributed by atoms with Crippen molar-refractivity contribution in [2.75, 3.05) is 13.2 Å². The van der Waals surface area contributed by atoms with Crippen LogP contribution in [0.1, 0.15) is 63.8 Å². The van der Waals surface area contributed by atoms with Crippen LogP contribution in [0.3, 0.4) is 0 Å². The fourth-order valence-corrected chi connectivity index (χ4v) is 6.28. The number of halogens is 1. The van der Waals surface area contributed by atoms with E-state index in [4.69, 9.17) is 39.4 Å². The fraction of sp³-hybridized carbons (Fsp3) is 0.538. The van der Waals surface area contributed by atoms with E-state index in [1.165, 1.54) is 0 Å². The summed E-state index contributed by atoms with van der Waals surface area (Å²) in [5.74, 6) is -1.52. The molecule has 2 aromatic rings. The van der Waals surface area contributed by atoms with Gasteiger partial charge in [0.05, 0.1) is 19.3 Å². The van der Waals surface area contributed by atoms with Crippen LogP contribution < -0.4 is 11.2 Å². The van der Waals surface area contributed by atoms with E-state index in [1.807, 2.05) is 0 Å². The lowest BCUT2D eigenvalue weighted by Crippen LogP contribution is -2.49. The van der Waals surface area contributed by atoms with Crippen LogP contribution >= 0.6 is 19.4 Å². The Labute approximate surface area is 255 Å². The minimum absolute atomic E-state index is 0.0363. The van der Waals surface area contributed by atoms with Crippen molar-refractivity contribution in [3.63, 3.8) is 0 Å². The van der Waals surface area contributed by atoms with Gasteiger partial charge in [0.25, 0.3) is 5.56 Å². The van der Waals surface area contributed by atoms with Gasteiger partial charge in [0, 0.05) is 41.5 Å². The molecule has 1 N–H and O–H groups in total. The van der Waals surface area contributed by atoms with Crippen LogP contribution in [0.25, 0.3) is 10.4 Å². The molecule has 0 aliphatic carbocycles. The number of phosphoric acid groups is 1. The van der Waals surface area contributed by atoms with E-state index in [-0.39, 0.29) is 19.4 Å². The first-order valence-corrected chi connectivity index (χ1v) is 15.6. The summed E-state index contributed by atoms with van der Waals surface area (Å²) in [7, 11) is -4.38. The van der Waals surface area contributed by atoms with E-state index in [9.17, 15) is 29.3 Å². The number of phosphoric ester groups is 1. The van der Waals surface area contributed by atoms with Crippen LogP contribution in [-0.2, 0) is 41.9 Å². The summed E-state index contributed by atoms with van der Waals surface area (Å²) < 4.78 is 48.5. The minimum atomic E-state index is -4.38. The Morgan fingerprint density at radius 1 is 1.20 bits per heavy atom. The lowest BCUT2D eigenvalue weighted by atomic mass is 10.0. The van der Waals surface area contributed by atoms with Gasteiger partial charge in [-0.2, -0.15) is 0 Å². The van der Waals surface area contributed by atoms with Gasteiger partial charge in [-0.1, -0.05) is 42.7 Å². The molecule has 0 spiro atoms. The largest absolute Gasteiger partial charge is 0.475 e. The number of nitrogens with one attached hydrogen (secondary N) is 1. The molecule has 1 aromatic carbocycles. The molecule has 4 rings (SSSR count). The number of aromatic nitrogens is 2. The highest BCUT2D eigenvalue weighted by Crippen LogP contribution is 2.58. The number of aromatic amines is 1. The fourth-order valence-electron chi connectivity index (χ4n) is 4.68. The lowest BCUT2D eigenvalue weighted by Gasteiger charge is -2.33.